The number of hydrogen-bond donors (Lipinski definition) is 0. The molecule has 0 atom stereocenters. The van der Waals surface area contributed by atoms with E-state index in [1.165, 1.54) is 70.9 Å². The molecule has 2 aliphatic rings. The van der Waals surface area contributed by atoms with Crippen molar-refractivity contribution in [2.75, 3.05) is 0 Å². The molecule has 0 N–H and O–H groups in total. The smallest absolute Gasteiger partial charge is 0.0140 e. The summed E-state index contributed by atoms with van der Waals surface area (Å²) in [6.07, 6.45) is 4.20. The highest BCUT2D eigenvalue weighted by molar-refractivity contribution is 6.08. The maximum Gasteiger partial charge on any atom is -0.0140 e. The van der Waals surface area contributed by atoms with E-state index in [2.05, 4.69) is 97.9 Å². The number of hydrogen-bond acceptors (Lipinski definition) is 0. The van der Waals surface area contributed by atoms with Crippen molar-refractivity contribution >= 4 is 43.1 Å². The molecule has 0 unspecified atom stereocenters. The van der Waals surface area contributed by atoms with Crippen LogP contribution >= 0.6 is 0 Å². The molecule has 33 heavy (non-hydrogen) atoms. The summed E-state index contributed by atoms with van der Waals surface area (Å²) in [6, 6.07) is 34.4. The highest BCUT2D eigenvalue weighted by Gasteiger charge is 2.19. The summed E-state index contributed by atoms with van der Waals surface area (Å²) >= 11 is 0. The van der Waals surface area contributed by atoms with E-state index in [0.29, 0.717) is 0 Å². The van der Waals surface area contributed by atoms with Crippen LogP contribution in [0.25, 0.3) is 43.1 Å². The predicted molar refractivity (Wildman–Crippen MR) is 142 cm³/mol. The first-order chi connectivity index (χ1) is 16.3. The van der Waals surface area contributed by atoms with Gasteiger partial charge < -0.3 is 0 Å². The fraction of sp³-hybridized carbons (Fsp3) is 0.152. The lowest BCUT2D eigenvalue weighted by Crippen LogP contribution is -2.05. The first-order valence-electron chi connectivity index (χ1n) is 12.1. The molecule has 0 aromatic heterocycles. The van der Waals surface area contributed by atoms with E-state index in [0.717, 1.165) is 25.7 Å². The van der Waals surface area contributed by atoms with Gasteiger partial charge in [-0.3, -0.25) is 0 Å². The average Bonchev–Trinajstić information content (AvgIpc) is 2.85. The third kappa shape index (κ3) is 2.77. The minimum atomic E-state index is 1.05. The summed E-state index contributed by atoms with van der Waals surface area (Å²) in [4.78, 5) is 0. The van der Waals surface area contributed by atoms with Crippen LogP contribution in [0.1, 0.15) is 27.8 Å². The predicted octanol–water partition coefficient (Wildman–Crippen LogP) is 8.49. The molecule has 0 radical (unpaired) electrons. The van der Waals surface area contributed by atoms with Crippen LogP contribution in [0.4, 0.5) is 0 Å². The van der Waals surface area contributed by atoms with Crippen molar-refractivity contribution in [1.29, 1.82) is 0 Å². The molecule has 0 spiro atoms. The van der Waals surface area contributed by atoms with Crippen LogP contribution in [0, 0.1) is 6.92 Å². The normalized spacial score (nSPS) is 13.7. The first kappa shape index (κ1) is 18.9. The summed E-state index contributed by atoms with van der Waals surface area (Å²) in [5.74, 6) is 0. The largest absolute Gasteiger partial charge is 0.0616 e. The molecule has 0 saturated heterocycles. The van der Waals surface area contributed by atoms with E-state index >= 15 is 0 Å². The molecular formula is C33H26. The molecule has 0 heterocycles. The van der Waals surface area contributed by atoms with Crippen molar-refractivity contribution in [3.8, 4) is 0 Å². The standard InChI is InChI=1S/C33H26/c1-21-14-15-31-30-17-16-28-22-8-2-4-10-24(22)29(25-11-5-3-9-23(25)28)18-19-32(33(31)20-21)27-13-7-6-12-26(27)30/h2-15,20H,16-19H2,1H3. The Balaban J connectivity index is 1.63. The van der Waals surface area contributed by atoms with E-state index < -0.39 is 0 Å². The van der Waals surface area contributed by atoms with Crippen molar-refractivity contribution in [3.63, 3.8) is 0 Å². The van der Waals surface area contributed by atoms with Crippen LogP contribution in [0.2, 0.25) is 0 Å². The van der Waals surface area contributed by atoms with Gasteiger partial charge in [0, 0.05) is 0 Å². The van der Waals surface area contributed by atoms with Gasteiger partial charge in [0.25, 0.3) is 0 Å². The van der Waals surface area contributed by atoms with Gasteiger partial charge >= 0.3 is 0 Å². The minimum Gasteiger partial charge on any atom is -0.0616 e. The maximum atomic E-state index is 2.42. The molecule has 4 bridgehead atoms. The quantitative estimate of drug-likeness (QED) is 0.215. The molecule has 8 rings (SSSR count). The Hall–Kier alpha value is -3.64. The Kier molecular flexibility index (Phi) is 4.11. The fourth-order valence-electron chi connectivity index (χ4n) is 6.36. The Labute approximate surface area is 194 Å². The zero-order valence-electron chi connectivity index (χ0n) is 19.0. The Morgan fingerprint density at radius 2 is 0.667 bits per heavy atom. The van der Waals surface area contributed by atoms with Crippen molar-refractivity contribution in [3.05, 3.63) is 119 Å². The molecule has 6 aromatic carbocycles. The van der Waals surface area contributed by atoms with Gasteiger partial charge in [0.05, 0.1) is 0 Å². The summed E-state index contributed by atoms with van der Waals surface area (Å²) < 4.78 is 0. The second kappa shape index (κ2) is 7.18. The highest BCUT2D eigenvalue weighted by Crippen LogP contribution is 2.39. The highest BCUT2D eigenvalue weighted by atomic mass is 14.2. The van der Waals surface area contributed by atoms with Crippen LogP contribution < -0.4 is 0 Å². The van der Waals surface area contributed by atoms with E-state index in [4.69, 9.17) is 0 Å². The van der Waals surface area contributed by atoms with E-state index in [1.54, 1.807) is 0 Å². The maximum absolute atomic E-state index is 2.42. The van der Waals surface area contributed by atoms with Crippen molar-refractivity contribution < 1.29 is 0 Å². The number of aryl methyl sites for hydroxylation is 5. The van der Waals surface area contributed by atoms with Gasteiger partial charge in [0.1, 0.15) is 0 Å². The average molecular weight is 423 g/mol. The minimum absolute atomic E-state index is 1.05. The van der Waals surface area contributed by atoms with Gasteiger partial charge in [0.2, 0.25) is 0 Å². The van der Waals surface area contributed by atoms with Gasteiger partial charge in [-0.05, 0) is 98.0 Å². The molecule has 0 aliphatic heterocycles. The lowest BCUT2D eigenvalue weighted by molar-refractivity contribution is 0.972. The molecule has 158 valence electrons. The first-order valence-corrected chi connectivity index (χ1v) is 12.1. The Bertz CT molecular complexity index is 1660. The van der Waals surface area contributed by atoms with Crippen LogP contribution in [0.15, 0.2) is 91.0 Å². The van der Waals surface area contributed by atoms with Gasteiger partial charge in [-0.25, -0.2) is 0 Å². The van der Waals surface area contributed by atoms with Gasteiger partial charge in [-0.15, -0.1) is 0 Å². The van der Waals surface area contributed by atoms with Crippen molar-refractivity contribution in [2.24, 2.45) is 0 Å². The van der Waals surface area contributed by atoms with E-state index in [1.807, 2.05) is 0 Å². The molecule has 0 heteroatoms. The lowest BCUT2D eigenvalue weighted by Gasteiger charge is -2.22. The lowest BCUT2D eigenvalue weighted by atomic mass is 9.82. The van der Waals surface area contributed by atoms with Crippen LogP contribution in [-0.4, -0.2) is 0 Å². The van der Waals surface area contributed by atoms with Gasteiger partial charge in [0.15, 0.2) is 0 Å². The summed E-state index contributed by atoms with van der Waals surface area (Å²) in [6.45, 7) is 2.22. The molecule has 0 amide bonds. The molecule has 0 nitrogen and oxygen atoms in total. The molecular weight excluding hydrogens is 396 g/mol. The Morgan fingerprint density at radius 3 is 1.03 bits per heavy atom. The third-order valence-corrected chi connectivity index (χ3v) is 7.81. The van der Waals surface area contributed by atoms with Crippen molar-refractivity contribution in [2.45, 2.75) is 32.6 Å². The van der Waals surface area contributed by atoms with Crippen LogP contribution in [0.5, 0.6) is 0 Å². The second-order valence-electron chi connectivity index (χ2n) is 9.60. The van der Waals surface area contributed by atoms with Gasteiger partial charge in [-0.1, -0.05) is 96.6 Å². The topological polar surface area (TPSA) is 0 Å². The number of fused-ring (bicyclic) bond motifs is 3. The van der Waals surface area contributed by atoms with Crippen molar-refractivity contribution in [1.82, 2.24) is 0 Å². The Morgan fingerprint density at radius 1 is 0.364 bits per heavy atom. The molecule has 6 aromatic rings. The number of rotatable bonds is 0. The van der Waals surface area contributed by atoms with E-state index in [-0.39, 0.29) is 0 Å². The number of benzene rings is 6. The zero-order valence-corrected chi connectivity index (χ0v) is 19.0. The van der Waals surface area contributed by atoms with Gasteiger partial charge in [-0.2, -0.15) is 0 Å². The third-order valence-electron chi connectivity index (χ3n) is 7.81. The van der Waals surface area contributed by atoms with E-state index in [9.17, 15) is 0 Å². The fourth-order valence-corrected chi connectivity index (χ4v) is 6.36. The van der Waals surface area contributed by atoms with Crippen LogP contribution in [0.3, 0.4) is 0 Å². The molecule has 0 saturated carbocycles. The molecule has 2 aliphatic carbocycles. The summed E-state index contributed by atoms with van der Waals surface area (Å²) in [7, 11) is 0. The van der Waals surface area contributed by atoms with Crippen LogP contribution in [-0.2, 0) is 25.7 Å². The SMILES string of the molecule is Cc1ccc2c3c4ccccc4c(c2c1)CCc1c2ccccc2c(c2ccccc12)CC3. The zero-order chi connectivity index (χ0) is 21.9. The molecule has 0 fully saturated rings. The monoisotopic (exact) mass is 422 g/mol. The summed E-state index contributed by atoms with van der Waals surface area (Å²) in [5, 5.41) is 11.5. The second-order valence-corrected chi connectivity index (χ2v) is 9.60. The summed E-state index contributed by atoms with van der Waals surface area (Å²) in [5.41, 5.74) is 7.35.